The van der Waals surface area contributed by atoms with Gasteiger partial charge in [-0.15, -0.1) is 0 Å². The van der Waals surface area contributed by atoms with Crippen LogP contribution in [0.2, 0.25) is 13.3 Å². The topological polar surface area (TPSA) is 12.4 Å². The average Bonchev–Trinajstić information content (AvgIpc) is 2.96. The molecule has 0 bridgehead atoms. The van der Waals surface area contributed by atoms with Crippen molar-refractivity contribution in [1.29, 1.82) is 0 Å². The number of rotatable bonds is 12. The quantitative estimate of drug-likeness (QED) is 0.261. The molecule has 1 unspecified atom stereocenters. The van der Waals surface area contributed by atoms with E-state index in [1.54, 1.807) is 13.3 Å². The monoisotopic (exact) mass is 399 g/mol. The molecular weight excluding hydrogens is 361 g/mol. The van der Waals surface area contributed by atoms with E-state index in [9.17, 15) is 0 Å². The van der Waals surface area contributed by atoms with Crippen molar-refractivity contribution in [2.24, 2.45) is 4.99 Å². The van der Waals surface area contributed by atoms with Gasteiger partial charge in [-0.3, -0.25) is 0 Å². The molecule has 1 atom stereocenters. The Balaban J connectivity index is 2.87. The van der Waals surface area contributed by atoms with Gasteiger partial charge in [-0.1, -0.05) is 0 Å². The maximum absolute atomic E-state index is 5.25. The molecule has 0 fully saturated rings. The number of hydrogen-bond acceptors (Lipinski definition) is 1. The van der Waals surface area contributed by atoms with Crippen LogP contribution in [0.4, 0.5) is 0 Å². The van der Waals surface area contributed by atoms with Crippen LogP contribution < -0.4 is 0 Å². The van der Waals surface area contributed by atoms with E-state index in [0.717, 1.165) is 10.5 Å². The fraction of sp³-hybridized carbons (Fsp3) is 0.842. The Morgan fingerprint density at radius 2 is 1.57 bits per heavy atom. The predicted molar refractivity (Wildman–Crippen MR) is 100 cm³/mol. The van der Waals surface area contributed by atoms with Gasteiger partial charge in [0, 0.05) is 0 Å². The van der Waals surface area contributed by atoms with Crippen molar-refractivity contribution in [2.75, 3.05) is 0 Å². The van der Waals surface area contributed by atoms with Crippen LogP contribution in [0.5, 0.6) is 0 Å². The zero-order valence-corrected chi connectivity index (χ0v) is 17.6. The van der Waals surface area contributed by atoms with Crippen LogP contribution in [-0.4, -0.2) is 28.1 Å². The van der Waals surface area contributed by atoms with Gasteiger partial charge in [0.1, 0.15) is 0 Å². The SMILES string of the molecule is C=CCC1=N[CH]([Sn]([CH2]CCC)([CH2]CCC)[CH2]CCC)CC1. The molecule has 0 amide bonds. The molecule has 0 aromatic carbocycles. The van der Waals surface area contributed by atoms with Crippen molar-refractivity contribution >= 4 is 24.1 Å². The van der Waals surface area contributed by atoms with Gasteiger partial charge in [-0.25, -0.2) is 0 Å². The third-order valence-corrected chi connectivity index (χ3v) is 22.0. The minimum atomic E-state index is -2.09. The van der Waals surface area contributed by atoms with Gasteiger partial charge in [0.25, 0.3) is 0 Å². The Bertz CT molecular complexity index is 300. The Labute approximate surface area is 137 Å². The normalized spacial score (nSPS) is 18.8. The number of nitrogens with zero attached hydrogens (tertiary/aromatic N) is 1. The summed E-state index contributed by atoms with van der Waals surface area (Å²) in [5.74, 6) is 0. The molecule has 1 nitrogen and oxygen atoms in total. The molecule has 1 aliphatic rings. The van der Waals surface area contributed by atoms with Gasteiger partial charge in [0.15, 0.2) is 0 Å². The van der Waals surface area contributed by atoms with Gasteiger partial charge in [-0.2, -0.15) is 0 Å². The van der Waals surface area contributed by atoms with E-state index in [4.69, 9.17) is 4.99 Å². The molecule has 1 rings (SSSR count). The first-order chi connectivity index (χ1) is 10.2. The van der Waals surface area contributed by atoms with E-state index in [1.165, 1.54) is 57.1 Å². The molecule has 0 saturated heterocycles. The summed E-state index contributed by atoms with van der Waals surface area (Å²) in [6.45, 7) is 11.0. The van der Waals surface area contributed by atoms with E-state index in [-0.39, 0.29) is 0 Å². The second-order valence-electron chi connectivity index (χ2n) is 6.92. The summed E-state index contributed by atoms with van der Waals surface area (Å²) in [6.07, 6.45) is 14.2. The third-order valence-electron chi connectivity index (χ3n) is 5.22. The minimum absolute atomic E-state index is 0.805. The molecular formula is C19H37NSn. The maximum atomic E-state index is 5.25. The van der Waals surface area contributed by atoms with Gasteiger partial charge in [0.05, 0.1) is 0 Å². The first-order valence-electron chi connectivity index (χ1n) is 9.38. The van der Waals surface area contributed by atoms with Crippen LogP contribution in [0.15, 0.2) is 17.6 Å². The molecule has 0 aromatic heterocycles. The zero-order valence-electron chi connectivity index (χ0n) is 14.8. The standard InChI is InChI=1S/C7H10N.3C4H9.Sn/c1-2-4-7-5-3-6-8-7;3*1-3-4-2;/h2,6H,1,3-5H2;3*1,3-4H2,2H3;. The van der Waals surface area contributed by atoms with E-state index in [1.807, 2.05) is 6.08 Å². The summed E-state index contributed by atoms with van der Waals surface area (Å²) < 4.78 is 5.60. The van der Waals surface area contributed by atoms with Crippen molar-refractivity contribution in [1.82, 2.24) is 0 Å². The van der Waals surface area contributed by atoms with Crippen LogP contribution in [-0.2, 0) is 0 Å². The summed E-state index contributed by atoms with van der Waals surface area (Å²) in [4.78, 5) is 5.25. The Morgan fingerprint density at radius 1 is 1.05 bits per heavy atom. The number of unbranched alkanes of at least 4 members (excludes halogenated alkanes) is 3. The van der Waals surface area contributed by atoms with Crippen molar-refractivity contribution in [3.8, 4) is 0 Å². The summed E-state index contributed by atoms with van der Waals surface area (Å²) in [5.41, 5.74) is 1.46. The molecule has 122 valence electrons. The number of allylic oxidation sites excluding steroid dienone is 1. The molecule has 1 aliphatic heterocycles. The Hall–Kier alpha value is 0.209. The van der Waals surface area contributed by atoms with Crippen molar-refractivity contribution < 1.29 is 0 Å². The number of hydrogen-bond donors (Lipinski definition) is 0. The first-order valence-corrected chi connectivity index (χ1v) is 17.1. The molecule has 2 heteroatoms. The van der Waals surface area contributed by atoms with E-state index >= 15 is 0 Å². The molecule has 0 saturated carbocycles. The van der Waals surface area contributed by atoms with Crippen molar-refractivity contribution in [3.05, 3.63) is 12.7 Å². The van der Waals surface area contributed by atoms with Crippen molar-refractivity contribution in [3.63, 3.8) is 0 Å². The van der Waals surface area contributed by atoms with Crippen molar-refractivity contribution in [2.45, 2.75) is 95.9 Å². The molecule has 1 heterocycles. The fourth-order valence-electron chi connectivity index (χ4n) is 3.88. The van der Waals surface area contributed by atoms with Gasteiger partial charge >= 0.3 is 138 Å². The van der Waals surface area contributed by atoms with Gasteiger partial charge in [0.2, 0.25) is 0 Å². The second-order valence-corrected chi connectivity index (χ2v) is 20.9. The van der Waals surface area contributed by atoms with Crippen LogP contribution in [0.25, 0.3) is 0 Å². The molecule has 0 radical (unpaired) electrons. The molecule has 0 N–H and O–H groups in total. The molecule has 0 aliphatic carbocycles. The van der Waals surface area contributed by atoms with Gasteiger partial charge < -0.3 is 0 Å². The first kappa shape index (κ1) is 19.3. The summed E-state index contributed by atoms with van der Waals surface area (Å²) in [7, 11) is 0. The number of aliphatic imine (C=N–C) groups is 1. The van der Waals surface area contributed by atoms with Crippen LogP contribution >= 0.6 is 0 Å². The third kappa shape index (κ3) is 6.08. The molecule has 0 spiro atoms. The van der Waals surface area contributed by atoms with Gasteiger partial charge in [-0.05, 0) is 0 Å². The van der Waals surface area contributed by atoms with Crippen LogP contribution in [0.3, 0.4) is 0 Å². The Kier molecular flexibility index (Phi) is 9.95. The average molecular weight is 398 g/mol. The van der Waals surface area contributed by atoms with Crippen LogP contribution in [0.1, 0.15) is 78.6 Å². The summed E-state index contributed by atoms with van der Waals surface area (Å²) in [5, 5.41) is 0. The molecule has 21 heavy (non-hydrogen) atoms. The summed E-state index contributed by atoms with van der Waals surface area (Å²) >= 11 is -2.09. The van der Waals surface area contributed by atoms with E-state index < -0.39 is 18.4 Å². The van der Waals surface area contributed by atoms with E-state index in [0.29, 0.717) is 0 Å². The summed E-state index contributed by atoms with van der Waals surface area (Å²) in [6, 6.07) is 0. The second kappa shape index (κ2) is 10.9. The zero-order chi connectivity index (χ0) is 15.6. The van der Waals surface area contributed by atoms with E-state index in [2.05, 4.69) is 27.4 Å². The molecule has 0 aromatic rings. The Morgan fingerprint density at radius 3 is 2.00 bits per heavy atom. The van der Waals surface area contributed by atoms with Crippen LogP contribution in [0, 0.1) is 0 Å². The predicted octanol–water partition coefficient (Wildman–Crippen LogP) is 6.55. The fourth-order valence-corrected chi connectivity index (χ4v) is 21.4.